The lowest BCUT2D eigenvalue weighted by molar-refractivity contribution is -0.119. The van der Waals surface area contributed by atoms with E-state index in [9.17, 15) is 4.79 Å². The molecule has 2 nitrogen and oxygen atoms in total. The Labute approximate surface area is 109 Å². The number of carbonyl (C=O) groups is 1. The zero-order valence-corrected chi connectivity index (χ0v) is 11.9. The summed E-state index contributed by atoms with van der Waals surface area (Å²) in [5.74, 6) is 0.632. The Hall–Kier alpha value is -0.480. The van der Waals surface area contributed by atoms with E-state index in [-0.39, 0.29) is 11.9 Å². The monoisotopic (exact) mass is 301 g/mol. The van der Waals surface area contributed by atoms with Crippen LogP contribution in [0.2, 0.25) is 0 Å². The van der Waals surface area contributed by atoms with Gasteiger partial charge >= 0.3 is 0 Å². The smallest absolute Gasteiger partial charge is 0.230 e. The molecular formula is C12H16BrNOS. The quantitative estimate of drug-likeness (QED) is 0.906. The van der Waals surface area contributed by atoms with Gasteiger partial charge in [-0.25, -0.2) is 0 Å². The van der Waals surface area contributed by atoms with E-state index >= 15 is 0 Å². The summed E-state index contributed by atoms with van der Waals surface area (Å²) in [6.07, 6.45) is 2.78. The third-order valence-corrected chi connectivity index (χ3v) is 3.49. The Kier molecular flexibility index (Phi) is 5.91. The summed E-state index contributed by atoms with van der Waals surface area (Å²) in [6, 6.07) is 8.26. The molecule has 0 radical (unpaired) electrons. The normalized spacial score (nSPS) is 12.2. The van der Waals surface area contributed by atoms with E-state index in [1.807, 2.05) is 31.4 Å². The van der Waals surface area contributed by atoms with Crippen molar-refractivity contribution < 1.29 is 4.79 Å². The zero-order valence-electron chi connectivity index (χ0n) is 9.50. The lowest BCUT2D eigenvalue weighted by Gasteiger charge is -2.14. The van der Waals surface area contributed by atoms with Crippen molar-refractivity contribution in [2.24, 2.45) is 0 Å². The molecule has 0 aliphatic rings. The van der Waals surface area contributed by atoms with Crippen molar-refractivity contribution in [3.8, 4) is 0 Å². The molecule has 1 atom stereocenters. The van der Waals surface area contributed by atoms with E-state index < -0.39 is 0 Å². The van der Waals surface area contributed by atoms with E-state index in [1.54, 1.807) is 0 Å². The SMILES string of the molecule is CSCC(=O)N[C@H](C)Cc1ccccc1Br. The molecule has 0 fully saturated rings. The van der Waals surface area contributed by atoms with Gasteiger partial charge in [-0.15, -0.1) is 0 Å². The van der Waals surface area contributed by atoms with Crippen LogP contribution in [-0.4, -0.2) is 24.0 Å². The molecule has 0 heterocycles. The fourth-order valence-electron chi connectivity index (χ4n) is 1.49. The van der Waals surface area contributed by atoms with Gasteiger partial charge in [-0.1, -0.05) is 34.1 Å². The molecule has 1 aromatic rings. The fraction of sp³-hybridized carbons (Fsp3) is 0.417. The highest BCUT2D eigenvalue weighted by Gasteiger charge is 2.08. The predicted octanol–water partition coefficient (Wildman–Crippen LogP) is 2.86. The molecule has 4 heteroatoms. The molecule has 0 unspecified atom stereocenters. The molecule has 1 aromatic carbocycles. The summed E-state index contributed by atoms with van der Waals surface area (Å²) in [5.41, 5.74) is 1.22. The molecule has 0 aromatic heterocycles. The summed E-state index contributed by atoms with van der Waals surface area (Å²) < 4.78 is 1.10. The number of nitrogens with one attached hydrogen (secondary N) is 1. The van der Waals surface area contributed by atoms with Crippen LogP contribution < -0.4 is 5.32 Å². The van der Waals surface area contributed by atoms with E-state index in [4.69, 9.17) is 0 Å². The first-order valence-electron chi connectivity index (χ1n) is 5.15. The van der Waals surface area contributed by atoms with Gasteiger partial charge in [0.05, 0.1) is 5.75 Å². The molecular weight excluding hydrogens is 286 g/mol. The first-order chi connectivity index (χ1) is 7.63. The zero-order chi connectivity index (χ0) is 12.0. The maximum absolute atomic E-state index is 11.4. The number of halogens is 1. The molecule has 0 bridgehead atoms. The Bertz CT molecular complexity index is 357. The summed E-state index contributed by atoms with van der Waals surface area (Å²) in [4.78, 5) is 11.4. The van der Waals surface area contributed by atoms with Crippen molar-refractivity contribution in [3.63, 3.8) is 0 Å². The van der Waals surface area contributed by atoms with Gasteiger partial charge in [-0.05, 0) is 31.2 Å². The molecule has 1 rings (SSSR count). The highest BCUT2D eigenvalue weighted by Crippen LogP contribution is 2.17. The molecule has 1 N–H and O–H groups in total. The van der Waals surface area contributed by atoms with Crippen LogP contribution in [-0.2, 0) is 11.2 Å². The minimum atomic E-state index is 0.104. The van der Waals surface area contributed by atoms with Crippen molar-refractivity contribution in [3.05, 3.63) is 34.3 Å². The van der Waals surface area contributed by atoms with Gasteiger partial charge in [0.1, 0.15) is 0 Å². The summed E-state index contributed by atoms with van der Waals surface area (Å²) in [7, 11) is 0. The minimum Gasteiger partial charge on any atom is -0.353 e. The van der Waals surface area contributed by atoms with Crippen LogP contribution in [0.4, 0.5) is 0 Å². The van der Waals surface area contributed by atoms with Crippen molar-refractivity contribution in [2.75, 3.05) is 12.0 Å². The molecule has 1 amide bonds. The van der Waals surface area contributed by atoms with E-state index in [0.29, 0.717) is 5.75 Å². The van der Waals surface area contributed by atoms with Crippen molar-refractivity contribution in [2.45, 2.75) is 19.4 Å². The lowest BCUT2D eigenvalue weighted by atomic mass is 10.1. The van der Waals surface area contributed by atoms with Gasteiger partial charge in [-0.3, -0.25) is 4.79 Å². The second-order valence-electron chi connectivity index (χ2n) is 3.70. The first-order valence-corrected chi connectivity index (χ1v) is 7.34. The summed E-state index contributed by atoms with van der Waals surface area (Å²) >= 11 is 5.04. The van der Waals surface area contributed by atoms with Crippen LogP contribution in [0.1, 0.15) is 12.5 Å². The van der Waals surface area contributed by atoms with Crippen molar-refractivity contribution in [1.82, 2.24) is 5.32 Å². The minimum absolute atomic E-state index is 0.104. The largest absolute Gasteiger partial charge is 0.353 e. The number of amides is 1. The van der Waals surface area contributed by atoms with Gasteiger partial charge in [0.2, 0.25) is 5.91 Å². The number of carbonyl (C=O) groups excluding carboxylic acids is 1. The molecule has 0 aliphatic heterocycles. The van der Waals surface area contributed by atoms with Crippen LogP contribution in [0.15, 0.2) is 28.7 Å². The van der Waals surface area contributed by atoms with E-state index in [0.717, 1.165) is 10.9 Å². The van der Waals surface area contributed by atoms with E-state index in [2.05, 4.69) is 27.3 Å². The molecule has 0 saturated heterocycles. The summed E-state index contributed by atoms with van der Waals surface area (Å²) in [6.45, 7) is 2.03. The second-order valence-corrected chi connectivity index (χ2v) is 5.42. The Balaban J connectivity index is 2.48. The molecule has 0 saturated carbocycles. The van der Waals surface area contributed by atoms with Gasteiger partial charge < -0.3 is 5.32 Å². The van der Waals surface area contributed by atoms with E-state index in [1.165, 1.54) is 17.3 Å². The van der Waals surface area contributed by atoms with Crippen LogP contribution >= 0.6 is 27.7 Å². The Morgan fingerprint density at radius 3 is 2.81 bits per heavy atom. The van der Waals surface area contributed by atoms with Crippen LogP contribution in [0, 0.1) is 0 Å². The predicted molar refractivity (Wildman–Crippen MR) is 73.8 cm³/mol. The highest BCUT2D eigenvalue weighted by atomic mass is 79.9. The van der Waals surface area contributed by atoms with Gasteiger partial charge in [0, 0.05) is 10.5 Å². The van der Waals surface area contributed by atoms with Gasteiger partial charge in [0.15, 0.2) is 0 Å². The third kappa shape index (κ3) is 4.58. The van der Waals surface area contributed by atoms with Gasteiger partial charge in [-0.2, -0.15) is 11.8 Å². The van der Waals surface area contributed by atoms with Crippen molar-refractivity contribution in [1.29, 1.82) is 0 Å². The number of thioether (sulfide) groups is 1. The maximum Gasteiger partial charge on any atom is 0.230 e. The maximum atomic E-state index is 11.4. The average molecular weight is 302 g/mol. The topological polar surface area (TPSA) is 29.1 Å². The summed E-state index contributed by atoms with van der Waals surface area (Å²) in [5, 5.41) is 2.98. The number of hydrogen-bond acceptors (Lipinski definition) is 2. The fourth-order valence-corrected chi connectivity index (χ4v) is 2.28. The van der Waals surface area contributed by atoms with Crippen molar-refractivity contribution >= 4 is 33.6 Å². The number of hydrogen-bond donors (Lipinski definition) is 1. The average Bonchev–Trinajstić information content (AvgIpc) is 2.21. The Morgan fingerprint density at radius 2 is 2.19 bits per heavy atom. The first kappa shape index (κ1) is 13.6. The van der Waals surface area contributed by atoms with Crippen LogP contribution in [0.3, 0.4) is 0 Å². The molecule has 88 valence electrons. The third-order valence-electron chi connectivity index (χ3n) is 2.17. The van der Waals surface area contributed by atoms with Crippen LogP contribution in [0.5, 0.6) is 0 Å². The lowest BCUT2D eigenvalue weighted by Crippen LogP contribution is -2.35. The molecule has 0 spiro atoms. The highest BCUT2D eigenvalue weighted by molar-refractivity contribution is 9.10. The van der Waals surface area contributed by atoms with Crippen LogP contribution in [0.25, 0.3) is 0 Å². The standard InChI is InChI=1S/C12H16BrNOS/c1-9(14-12(15)8-16-2)7-10-5-3-4-6-11(10)13/h3-6,9H,7-8H2,1-2H3,(H,14,15)/t9-/m1/s1. The molecule has 16 heavy (non-hydrogen) atoms. The molecule has 0 aliphatic carbocycles. The van der Waals surface area contributed by atoms with Gasteiger partial charge in [0.25, 0.3) is 0 Å². The number of benzene rings is 1. The number of rotatable bonds is 5. The second kappa shape index (κ2) is 6.97. The Morgan fingerprint density at radius 1 is 1.50 bits per heavy atom.